The Balaban J connectivity index is 2.25. The van der Waals surface area contributed by atoms with Gasteiger partial charge in [-0.3, -0.25) is 0 Å². The van der Waals surface area contributed by atoms with Crippen molar-refractivity contribution in [2.45, 2.75) is 19.8 Å². The molecular formula is C13H17NS. The molecule has 0 radical (unpaired) electrons. The Bertz CT molecular complexity index is 445. The molecule has 1 N–H and O–H groups in total. The quantitative estimate of drug-likeness (QED) is 0.777. The Kier molecular flexibility index (Phi) is 3.39. The van der Waals surface area contributed by atoms with Crippen molar-refractivity contribution in [3.05, 3.63) is 34.7 Å². The van der Waals surface area contributed by atoms with Crippen molar-refractivity contribution in [1.29, 1.82) is 0 Å². The number of hydrogen-bond acceptors (Lipinski definition) is 2. The van der Waals surface area contributed by atoms with Crippen LogP contribution >= 0.6 is 11.3 Å². The lowest BCUT2D eigenvalue weighted by Gasteiger charge is -2.02. The Morgan fingerprint density at radius 2 is 2.20 bits per heavy atom. The molecular weight excluding hydrogens is 202 g/mol. The highest BCUT2D eigenvalue weighted by atomic mass is 32.1. The van der Waals surface area contributed by atoms with Crippen LogP contribution in [0.3, 0.4) is 0 Å². The van der Waals surface area contributed by atoms with Gasteiger partial charge in [0.2, 0.25) is 0 Å². The van der Waals surface area contributed by atoms with E-state index in [2.05, 4.69) is 36.5 Å². The number of rotatable bonds is 4. The molecule has 1 aromatic carbocycles. The fourth-order valence-electron chi connectivity index (χ4n) is 1.90. The summed E-state index contributed by atoms with van der Waals surface area (Å²) in [5.74, 6) is 0. The predicted molar refractivity (Wildman–Crippen MR) is 68.8 cm³/mol. The van der Waals surface area contributed by atoms with Crippen LogP contribution in [0.15, 0.2) is 24.3 Å². The van der Waals surface area contributed by atoms with E-state index in [9.17, 15) is 0 Å². The van der Waals surface area contributed by atoms with Gasteiger partial charge in [0.25, 0.3) is 0 Å². The average Bonchev–Trinajstić information content (AvgIpc) is 2.59. The average molecular weight is 219 g/mol. The minimum absolute atomic E-state index is 1.10. The normalized spacial score (nSPS) is 11.1. The minimum atomic E-state index is 1.10. The molecule has 15 heavy (non-hydrogen) atoms. The lowest BCUT2D eigenvalue weighted by Crippen LogP contribution is -2.08. The Morgan fingerprint density at radius 1 is 1.33 bits per heavy atom. The smallest absolute Gasteiger partial charge is 0.0377 e. The molecule has 0 fully saturated rings. The summed E-state index contributed by atoms with van der Waals surface area (Å²) in [6.07, 6.45) is 2.39. The van der Waals surface area contributed by atoms with E-state index in [4.69, 9.17) is 0 Å². The first-order chi connectivity index (χ1) is 7.31. The van der Waals surface area contributed by atoms with Crippen molar-refractivity contribution in [3.8, 4) is 0 Å². The summed E-state index contributed by atoms with van der Waals surface area (Å²) in [6, 6.07) is 8.92. The Morgan fingerprint density at radius 3 is 3.00 bits per heavy atom. The molecule has 2 aromatic rings. The number of hydrogen-bond donors (Lipinski definition) is 1. The molecule has 0 atom stereocenters. The van der Waals surface area contributed by atoms with Gasteiger partial charge in [-0.25, -0.2) is 0 Å². The second-order valence-corrected chi connectivity index (χ2v) is 5.16. The van der Waals surface area contributed by atoms with E-state index in [0.717, 1.165) is 6.54 Å². The lowest BCUT2D eigenvalue weighted by molar-refractivity contribution is 0.727. The van der Waals surface area contributed by atoms with Gasteiger partial charge in [0.1, 0.15) is 0 Å². The topological polar surface area (TPSA) is 12.0 Å². The SMILES string of the molecule is CNCCCc1cccc2cc(C)sc12. The van der Waals surface area contributed by atoms with E-state index in [1.165, 1.54) is 33.4 Å². The van der Waals surface area contributed by atoms with Gasteiger partial charge in [0.05, 0.1) is 0 Å². The van der Waals surface area contributed by atoms with E-state index in [0.29, 0.717) is 0 Å². The zero-order valence-electron chi connectivity index (χ0n) is 9.34. The number of fused-ring (bicyclic) bond motifs is 1. The van der Waals surface area contributed by atoms with E-state index in [-0.39, 0.29) is 0 Å². The van der Waals surface area contributed by atoms with E-state index >= 15 is 0 Å². The molecule has 1 heterocycles. The summed E-state index contributed by atoms with van der Waals surface area (Å²) in [5.41, 5.74) is 1.50. The van der Waals surface area contributed by atoms with Gasteiger partial charge in [-0.05, 0) is 50.4 Å². The summed E-state index contributed by atoms with van der Waals surface area (Å²) < 4.78 is 1.48. The summed E-state index contributed by atoms with van der Waals surface area (Å²) in [7, 11) is 2.01. The highest BCUT2D eigenvalue weighted by Gasteiger charge is 2.03. The molecule has 0 saturated heterocycles. The van der Waals surface area contributed by atoms with Crippen LogP contribution in [0.5, 0.6) is 0 Å². The summed E-state index contributed by atoms with van der Waals surface area (Å²) in [5, 5.41) is 4.60. The van der Waals surface area contributed by atoms with Crippen LogP contribution in [0.25, 0.3) is 10.1 Å². The van der Waals surface area contributed by atoms with Crippen molar-refractivity contribution in [2.24, 2.45) is 0 Å². The van der Waals surface area contributed by atoms with Gasteiger partial charge in [0.15, 0.2) is 0 Å². The molecule has 0 saturated carbocycles. The zero-order valence-corrected chi connectivity index (χ0v) is 10.2. The zero-order chi connectivity index (χ0) is 10.7. The molecule has 1 aromatic heterocycles. The van der Waals surface area contributed by atoms with Gasteiger partial charge in [-0.2, -0.15) is 0 Å². The first kappa shape index (κ1) is 10.7. The molecule has 0 unspecified atom stereocenters. The van der Waals surface area contributed by atoms with E-state index < -0.39 is 0 Å². The first-order valence-corrected chi connectivity index (χ1v) is 6.25. The molecule has 1 nitrogen and oxygen atoms in total. The molecule has 0 aliphatic rings. The van der Waals surface area contributed by atoms with Crippen molar-refractivity contribution < 1.29 is 0 Å². The molecule has 0 amide bonds. The number of benzene rings is 1. The number of thiophene rings is 1. The van der Waals surface area contributed by atoms with Crippen molar-refractivity contribution in [2.75, 3.05) is 13.6 Å². The fraction of sp³-hybridized carbons (Fsp3) is 0.385. The second-order valence-electron chi connectivity index (χ2n) is 3.90. The summed E-state index contributed by atoms with van der Waals surface area (Å²) >= 11 is 1.92. The van der Waals surface area contributed by atoms with Gasteiger partial charge in [-0.1, -0.05) is 18.2 Å². The van der Waals surface area contributed by atoms with Crippen LogP contribution in [0.4, 0.5) is 0 Å². The van der Waals surface area contributed by atoms with Crippen LogP contribution in [-0.4, -0.2) is 13.6 Å². The molecule has 2 rings (SSSR count). The van der Waals surface area contributed by atoms with Crippen LogP contribution in [0, 0.1) is 6.92 Å². The predicted octanol–water partition coefficient (Wildman–Crippen LogP) is 3.36. The molecule has 0 spiro atoms. The maximum Gasteiger partial charge on any atom is 0.0377 e. The maximum atomic E-state index is 3.19. The highest BCUT2D eigenvalue weighted by Crippen LogP contribution is 2.28. The Hall–Kier alpha value is -0.860. The van der Waals surface area contributed by atoms with Crippen molar-refractivity contribution >= 4 is 21.4 Å². The molecule has 0 bridgehead atoms. The molecule has 0 aliphatic carbocycles. The van der Waals surface area contributed by atoms with Gasteiger partial charge in [-0.15, -0.1) is 11.3 Å². The number of nitrogens with one attached hydrogen (secondary N) is 1. The van der Waals surface area contributed by atoms with Gasteiger partial charge in [0, 0.05) is 9.58 Å². The number of aryl methyl sites for hydroxylation is 2. The third-order valence-corrected chi connectivity index (χ3v) is 3.76. The minimum Gasteiger partial charge on any atom is -0.320 e. The lowest BCUT2D eigenvalue weighted by atomic mass is 10.1. The van der Waals surface area contributed by atoms with E-state index in [1.54, 1.807) is 0 Å². The third-order valence-electron chi connectivity index (χ3n) is 2.62. The second kappa shape index (κ2) is 4.77. The van der Waals surface area contributed by atoms with Crippen molar-refractivity contribution in [3.63, 3.8) is 0 Å². The monoisotopic (exact) mass is 219 g/mol. The molecule has 0 aliphatic heterocycles. The van der Waals surface area contributed by atoms with Gasteiger partial charge >= 0.3 is 0 Å². The first-order valence-electron chi connectivity index (χ1n) is 5.44. The standard InChI is InChI=1S/C13H17NS/c1-10-9-12-6-3-5-11(13(12)15-10)7-4-8-14-2/h3,5-6,9,14H,4,7-8H2,1-2H3. The fourth-order valence-corrected chi connectivity index (χ4v) is 2.96. The van der Waals surface area contributed by atoms with Crippen LogP contribution in [0.2, 0.25) is 0 Å². The third kappa shape index (κ3) is 2.39. The van der Waals surface area contributed by atoms with Crippen LogP contribution in [0.1, 0.15) is 16.9 Å². The van der Waals surface area contributed by atoms with E-state index in [1.807, 2.05) is 18.4 Å². The summed E-state index contributed by atoms with van der Waals surface area (Å²) in [4.78, 5) is 1.41. The molecule has 80 valence electrons. The Labute approximate surface area is 95.1 Å². The van der Waals surface area contributed by atoms with Crippen LogP contribution in [-0.2, 0) is 6.42 Å². The maximum absolute atomic E-state index is 3.19. The molecule has 2 heteroatoms. The van der Waals surface area contributed by atoms with Crippen LogP contribution < -0.4 is 5.32 Å². The largest absolute Gasteiger partial charge is 0.320 e. The van der Waals surface area contributed by atoms with Gasteiger partial charge < -0.3 is 5.32 Å². The van der Waals surface area contributed by atoms with Crippen molar-refractivity contribution in [1.82, 2.24) is 5.32 Å². The highest BCUT2D eigenvalue weighted by molar-refractivity contribution is 7.19. The summed E-state index contributed by atoms with van der Waals surface area (Å²) in [6.45, 7) is 3.28.